The average molecular weight is 207 g/mol. The number of hydrogen-bond donors (Lipinski definition) is 1. The maximum absolute atomic E-state index is 8.45. The van der Waals surface area contributed by atoms with Gasteiger partial charge in [-0.3, -0.25) is 0 Å². The van der Waals surface area contributed by atoms with Crippen molar-refractivity contribution in [3.63, 3.8) is 0 Å². The van der Waals surface area contributed by atoms with E-state index in [-0.39, 0.29) is 0 Å². The molecule has 5 heteroatoms. The summed E-state index contributed by atoms with van der Waals surface area (Å²) in [6.45, 7) is 0. The number of nitrogens with two attached hydrogens (primary N) is 1. The molecule has 0 aliphatic carbocycles. The predicted octanol–water partition coefficient (Wildman–Crippen LogP) is 2.58. The lowest BCUT2D eigenvalue weighted by atomic mass is 10.3. The maximum Gasteiger partial charge on any atom is 0.129 e. The normalized spacial score (nSPS) is 12.5. The molecule has 0 aromatic carbocycles. The van der Waals surface area contributed by atoms with Crippen LogP contribution in [0, 0.1) is 11.3 Å². The Kier molecular flexibility index (Phi) is 2.74. The Morgan fingerprint density at radius 3 is 2.64 bits per heavy atom. The highest BCUT2D eigenvalue weighted by atomic mass is 35.5. The van der Waals surface area contributed by atoms with Gasteiger partial charge in [0.25, 0.3) is 0 Å². The molecule has 0 radical (unpaired) electrons. The van der Waals surface area contributed by atoms with Gasteiger partial charge in [0.2, 0.25) is 0 Å². The highest BCUT2D eigenvalue weighted by Gasteiger charge is 2.12. The first-order valence-electron chi connectivity index (χ1n) is 2.75. The van der Waals surface area contributed by atoms with Crippen LogP contribution in [0.15, 0.2) is 6.07 Å². The van der Waals surface area contributed by atoms with Crippen LogP contribution >= 0.6 is 34.5 Å². The molecule has 1 unspecified atom stereocenters. The van der Waals surface area contributed by atoms with Gasteiger partial charge in [-0.25, -0.2) is 0 Å². The lowest BCUT2D eigenvalue weighted by Crippen LogP contribution is -2.04. The molecule has 0 saturated carbocycles. The molecule has 1 aromatic rings. The number of hydrogen-bond acceptors (Lipinski definition) is 3. The fourth-order valence-corrected chi connectivity index (χ4v) is 2.17. The van der Waals surface area contributed by atoms with Crippen molar-refractivity contribution >= 4 is 34.5 Å². The van der Waals surface area contributed by atoms with Gasteiger partial charge in [0.05, 0.1) is 20.3 Å². The highest BCUT2D eigenvalue weighted by molar-refractivity contribution is 7.16. The molecular weight excluding hydrogens is 203 g/mol. The standard InChI is InChI=1S/C6H4Cl2N2S/c7-3-1-5(8)11-6(3)4(10)2-9/h1,4H,10H2. The molecule has 1 aromatic heterocycles. The van der Waals surface area contributed by atoms with E-state index in [0.717, 1.165) is 0 Å². The predicted molar refractivity (Wildman–Crippen MR) is 46.9 cm³/mol. The Morgan fingerprint density at radius 2 is 2.27 bits per heavy atom. The highest BCUT2D eigenvalue weighted by Crippen LogP contribution is 2.33. The van der Waals surface area contributed by atoms with Crippen LogP contribution in [0.5, 0.6) is 0 Å². The van der Waals surface area contributed by atoms with Crippen LogP contribution in [0.2, 0.25) is 9.36 Å². The Labute approximate surface area is 78.1 Å². The molecule has 1 heterocycles. The summed E-state index contributed by atoms with van der Waals surface area (Å²) < 4.78 is 0.552. The fourth-order valence-electron chi connectivity index (χ4n) is 0.625. The summed E-state index contributed by atoms with van der Waals surface area (Å²) in [4.78, 5) is 0.624. The number of thiophene rings is 1. The van der Waals surface area contributed by atoms with Gasteiger partial charge in [-0.15, -0.1) is 11.3 Å². The minimum absolute atomic E-state index is 0.467. The smallest absolute Gasteiger partial charge is 0.129 e. The first-order chi connectivity index (χ1) is 5.15. The first-order valence-corrected chi connectivity index (χ1v) is 4.32. The molecule has 0 spiro atoms. The van der Waals surface area contributed by atoms with E-state index in [1.807, 2.05) is 6.07 Å². The molecule has 0 fully saturated rings. The van der Waals surface area contributed by atoms with Crippen molar-refractivity contribution in [2.75, 3.05) is 0 Å². The quantitative estimate of drug-likeness (QED) is 0.769. The van der Waals surface area contributed by atoms with Gasteiger partial charge in [-0.2, -0.15) is 5.26 Å². The first kappa shape index (κ1) is 8.82. The van der Waals surface area contributed by atoms with Gasteiger partial charge >= 0.3 is 0 Å². The molecule has 0 saturated heterocycles. The average Bonchev–Trinajstić information content (AvgIpc) is 2.28. The van der Waals surface area contributed by atoms with Gasteiger partial charge in [0.15, 0.2) is 0 Å². The lowest BCUT2D eigenvalue weighted by molar-refractivity contribution is 0.952. The third-order valence-corrected chi connectivity index (χ3v) is 2.88. The Hall–Kier alpha value is -0.270. The molecular formula is C6H4Cl2N2S. The van der Waals surface area contributed by atoms with Crippen LogP contribution < -0.4 is 5.73 Å². The maximum atomic E-state index is 8.45. The Morgan fingerprint density at radius 1 is 1.64 bits per heavy atom. The van der Waals surface area contributed by atoms with Crippen molar-refractivity contribution in [2.24, 2.45) is 5.73 Å². The second-order valence-corrected chi connectivity index (χ2v) is 3.99. The summed E-state index contributed by atoms with van der Waals surface area (Å²) in [5.74, 6) is 0. The minimum atomic E-state index is -0.667. The van der Waals surface area contributed by atoms with E-state index in [2.05, 4.69) is 0 Å². The number of nitrogens with zero attached hydrogens (tertiary/aromatic N) is 1. The third kappa shape index (κ3) is 1.85. The van der Waals surface area contributed by atoms with Crippen molar-refractivity contribution < 1.29 is 0 Å². The van der Waals surface area contributed by atoms with Crippen LogP contribution in [0.25, 0.3) is 0 Å². The molecule has 2 nitrogen and oxygen atoms in total. The lowest BCUT2D eigenvalue weighted by Gasteiger charge is -1.96. The minimum Gasteiger partial charge on any atom is -0.311 e. The largest absolute Gasteiger partial charge is 0.311 e. The van der Waals surface area contributed by atoms with Gasteiger partial charge in [0.1, 0.15) is 6.04 Å². The van der Waals surface area contributed by atoms with Gasteiger partial charge in [-0.1, -0.05) is 23.2 Å². The Balaban J connectivity index is 3.05. The van der Waals surface area contributed by atoms with Crippen LogP contribution in [0.1, 0.15) is 10.9 Å². The monoisotopic (exact) mass is 206 g/mol. The van der Waals surface area contributed by atoms with Crippen LogP contribution in [-0.4, -0.2) is 0 Å². The zero-order chi connectivity index (χ0) is 8.43. The number of halogens is 2. The van der Waals surface area contributed by atoms with Gasteiger partial charge in [-0.05, 0) is 6.07 Å². The molecule has 1 atom stereocenters. The van der Waals surface area contributed by atoms with E-state index >= 15 is 0 Å². The van der Waals surface area contributed by atoms with Crippen LogP contribution in [-0.2, 0) is 0 Å². The summed E-state index contributed by atoms with van der Waals surface area (Å²) in [6.07, 6.45) is 0. The summed E-state index contributed by atoms with van der Waals surface area (Å²) in [5.41, 5.74) is 5.41. The van der Waals surface area contributed by atoms with Crippen molar-refractivity contribution in [3.8, 4) is 6.07 Å². The topological polar surface area (TPSA) is 49.8 Å². The van der Waals surface area contributed by atoms with E-state index in [0.29, 0.717) is 14.2 Å². The zero-order valence-electron chi connectivity index (χ0n) is 5.34. The van der Waals surface area contributed by atoms with Crippen molar-refractivity contribution in [2.45, 2.75) is 6.04 Å². The summed E-state index contributed by atoms with van der Waals surface area (Å²) in [6, 6.07) is 2.80. The van der Waals surface area contributed by atoms with Gasteiger partial charge in [0, 0.05) is 0 Å². The van der Waals surface area contributed by atoms with Gasteiger partial charge < -0.3 is 5.73 Å². The number of rotatable bonds is 1. The molecule has 58 valence electrons. The zero-order valence-corrected chi connectivity index (χ0v) is 7.67. The fraction of sp³-hybridized carbons (Fsp3) is 0.167. The summed E-state index contributed by atoms with van der Waals surface area (Å²) in [7, 11) is 0. The third-order valence-electron chi connectivity index (χ3n) is 1.10. The van der Waals surface area contributed by atoms with E-state index in [4.69, 9.17) is 34.2 Å². The summed E-state index contributed by atoms with van der Waals surface area (Å²) >= 11 is 12.6. The van der Waals surface area contributed by atoms with Crippen molar-refractivity contribution in [1.82, 2.24) is 0 Å². The van der Waals surface area contributed by atoms with Crippen LogP contribution in [0.4, 0.5) is 0 Å². The molecule has 2 N–H and O–H groups in total. The van der Waals surface area contributed by atoms with Crippen molar-refractivity contribution in [1.29, 1.82) is 5.26 Å². The molecule has 0 bridgehead atoms. The molecule has 1 rings (SSSR count). The van der Waals surface area contributed by atoms with E-state index in [1.54, 1.807) is 6.07 Å². The van der Waals surface area contributed by atoms with E-state index < -0.39 is 6.04 Å². The molecule has 11 heavy (non-hydrogen) atoms. The SMILES string of the molecule is N#CC(N)c1sc(Cl)cc1Cl. The van der Waals surface area contributed by atoms with E-state index in [9.17, 15) is 0 Å². The van der Waals surface area contributed by atoms with Crippen molar-refractivity contribution in [3.05, 3.63) is 20.3 Å². The Bertz CT molecular complexity index is 302. The molecule has 0 amide bonds. The second-order valence-electron chi connectivity index (χ2n) is 1.87. The summed E-state index contributed by atoms with van der Waals surface area (Å²) in [5, 5.41) is 8.92. The molecule has 0 aliphatic heterocycles. The molecule has 0 aliphatic rings. The number of nitriles is 1. The van der Waals surface area contributed by atoms with Crippen LogP contribution in [0.3, 0.4) is 0 Å². The second kappa shape index (κ2) is 3.42. The van der Waals surface area contributed by atoms with E-state index in [1.165, 1.54) is 11.3 Å².